The second kappa shape index (κ2) is 8.09. The number of halogens is 1. The molecule has 0 fully saturated rings. The summed E-state index contributed by atoms with van der Waals surface area (Å²) in [5.41, 5.74) is 5.62. The first-order chi connectivity index (χ1) is 12.1. The molecular weight excluding hydrogens is 330 g/mol. The van der Waals surface area contributed by atoms with E-state index in [1.54, 1.807) is 0 Å². The molecule has 0 heterocycles. The number of anilines is 1. The number of ether oxygens (including phenoxy) is 1. The zero-order valence-corrected chi connectivity index (χ0v) is 15.3. The molecule has 3 aromatic rings. The highest BCUT2D eigenvalue weighted by Gasteiger charge is 2.05. The summed E-state index contributed by atoms with van der Waals surface area (Å²) in [6.45, 7) is 5.33. The number of nitrogens with one attached hydrogen (secondary N) is 1. The van der Waals surface area contributed by atoms with Gasteiger partial charge < -0.3 is 10.1 Å². The second-order valence-corrected chi connectivity index (χ2v) is 6.61. The first-order valence-corrected chi connectivity index (χ1v) is 8.76. The SMILES string of the molecule is Cc1ccc(COc2ccccc2CNc2ccc(C)c(Cl)c2)cc1. The lowest BCUT2D eigenvalue weighted by molar-refractivity contribution is 0.303. The Morgan fingerprint density at radius 1 is 0.920 bits per heavy atom. The van der Waals surface area contributed by atoms with Gasteiger partial charge in [-0.2, -0.15) is 0 Å². The van der Waals surface area contributed by atoms with Gasteiger partial charge in [0.2, 0.25) is 0 Å². The lowest BCUT2D eigenvalue weighted by Gasteiger charge is -2.13. The Bertz CT molecular complexity index is 843. The monoisotopic (exact) mass is 351 g/mol. The Kier molecular flexibility index (Phi) is 5.62. The molecular formula is C22H22ClNO. The van der Waals surface area contributed by atoms with E-state index in [9.17, 15) is 0 Å². The van der Waals surface area contributed by atoms with Gasteiger partial charge >= 0.3 is 0 Å². The van der Waals surface area contributed by atoms with E-state index in [1.165, 1.54) is 11.1 Å². The Morgan fingerprint density at radius 3 is 2.44 bits per heavy atom. The lowest BCUT2D eigenvalue weighted by Crippen LogP contribution is -2.03. The summed E-state index contributed by atoms with van der Waals surface area (Å²) >= 11 is 6.19. The Balaban J connectivity index is 1.65. The maximum atomic E-state index is 6.19. The van der Waals surface area contributed by atoms with Crippen molar-refractivity contribution in [2.45, 2.75) is 27.0 Å². The van der Waals surface area contributed by atoms with Crippen LogP contribution in [-0.2, 0) is 13.2 Å². The van der Waals surface area contributed by atoms with Crippen molar-refractivity contribution >= 4 is 17.3 Å². The van der Waals surface area contributed by atoms with E-state index >= 15 is 0 Å². The molecule has 128 valence electrons. The number of rotatable bonds is 6. The molecule has 0 saturated carbocycles. The molecule has 0 bridgehead atoms. The van der Waals surface area contributed by atoms with Crippen molar-refractivity contribution in [3.8, 4) is 5.75 Å². The maximum Gasteiger partial charge on any atom is 0.124 e. The molecule has 0 aliphatic carbocycles. The van der Waals surface area contributed by atoms with Crippen molar-refractivity contribution in [3.63, 3.8) is 0 Å². The van der Waals surface area contributed by atoms with Crippen molar-refractivity contribution in [1.29, 1.82) is 0 Å². The van der Waals surface area contributed by atoms with Gasteiger partial charge in [0, 0.05) is 22.8 Å². The van der Waals surface area contributed by atoms with Crippen molar-refractivity contribution in [3.05, 3.63) is 94.0 Å². The van der Waals surface area contributed by atoms with Crippen LogP contribution in [0.4, 0.5) is 5.69 Å². The van der Waals surface area contributed by atoms with Crippen molar-refractivity contribution in [2.24, 2.45) is 0 Å². The molecule has 3 heteroatoms. The van der Waals surface area contributed by atoms with Crippen molar-refractivity contribution < 1.29 is 4.74 Å². The summed E-state index contributed by atoms with van der Waals surface area (Å²) in [7, 11) is 0. The van der Waals surface area contributed by atoms with Gasteiger partial charge in [-0.3, -0.25) is 0 Å². The van der Waals surface area contributed by atoms with Crippen LogP contribution in [0.15, 0.2) is 66.7 Å². The average Bonchev–Trinajstić information content (AvgIpc) is 2.63. The molecule has 3 rings (SSSR count). The fourth-order valence-electron chi connectivity index (χ4n) is 2.54. The summed E-state index contributed by atoms with van der Waals surface area (Å²) in [6.07, 6.45) is 0. The third-order valence-electron chi connectivity index (χ3n) is 4.14. The van der Waals surface area contributed by atoms with E-state index in [4.69, 9.17) is 16.3 Å². The summed E-state index contributed by atoms with van der Waals surface area (Å²) in [5, 5.41) is 4.18. The van der Waals surface area contributed by atoms with E-state index in [1.807, 2.05) is 43.3 Å². The number of para-hydroxylation sites is 1. The Labute approximate surface area is 154 Å². The summed E-state index contributed by atoms with van der Waals surface area (Å²) in [5.74, 6) is 0.897. The first-order valence-electron chi connectivity index (χ1n) is 8.38. The van der Waals surface area contributed by atoms with E-state index in [2.05, 4.69) is 42.6 Å². The fraction of sp³-hybridized carbons (Fsp3) is 0.182. The minimum absolute atomic E-state index is 0.563. The predicted molar refractivity (Wildman–Crippen MR) is 105 cm³/mol. The molecule has 0 atom stereocenters. The minimum Gasteiger partial charge on any atom is -0.489 e. The van der Waals surface area contributed by atoms with Gasteiger partial charge in [-0.05, 0) is 43.2 Å². The van der Waals surface area contributed by atoms with Crippen LogP contribution in [0.5, 0.6) is 5.75 Å². The summed E-state index contributed by atoms with van der Waals surface area (Å²) in [6, 6.07) is 22.5. The number of hydrogen-bond donors (Lipinski definition) is 1. The third kappa shape index (κ3) is 4.77. The van der Waals surface area contributed by atoms with E-state index in [-0.39, 0.29) is 0 Å². The highest BCUT2D eigenvalue weighted by molar-refractivity contribution is 6.31. The molecule has 2 nitrogen and oxygen atoms in total. The third-order valence-corrected chi connectivity index (χ3v) is 4.55. The van der Waals surface area contributed by atoms with Gasteiger partial charge in [-0.25, -0.2) is 0 Å². The molecule has 0 amide bonds. The fourth-order valence-corrected chi connectivity index (χ4v) is 2.72. The topological polar surface area (TPSA) is 21.3 Å². The van der Waals surface area contributed by atoms with Crippen LogP contribution in [0.3, 0.4) is 0 Å². The first kappa shape index (κ1) is 17.4. The highest BCUT2D eigenvalue weighted by atomic mass is 35.5. The smallest absolute Gasteiger partial charge is 0.124 e. The molecule has 1 N–H and O–H groups in total. The molecule has 0 unspecified atom stereocenters. The molecule has 0 aliphatic rings. The summed E-state index contributed by atoms with van der Waals surface area (Å²) in [4.78, 5) is 0. The van der Waals surface area contributed by atoms with Crippen LogP contribution < -0.4 is 10.1 Å². The van der Waals surface area contributed by atoms with Crippen LogP contribution >= 0.6 is 11.6 Å². The zero-order valence-electron chi connectivity index (χ0n) is 14.6. The molecule has 0 aromatic heterocycles. The number of benzene rings is 3. The van der Waals surface area contributed by atoms with Gasteiger partial charge in [0.25, 0.3) is 0 Å². The molecule has 0 spiro atoms. The van der Waals surface area contributed by atoms with Crippen LogP contribution in [-0.4, -0.2) is 0 Å². The quantitative estimate of drug-likeness (QED) is 0.575. The standard InChI is InChI=1S/C22H22ClNO/c1-16-7-10-18(11-8-16)15-25-22-6-4-3-5-19(22)14-24-20-12-9-17(2)21(23)13-20/h3-13,24H,14-15H2,1-2H3. The molecule has 0 aliphatic heterocycles. The zero-order chi connectivity index (χ0) is 17.6. The summed E-state index contributed by atoms with van der Waals surface area (Å²) < 4.78 is 6.03. The molecule has 25 heavy (non-hydrogen) atoms. The van der Waals surface area contributed by atoms with Gasteiger partial charge in [-0.15, -0.1) is 0 Å². The van der Waals surface area contributed by atoms with Crippen LogP contribution in [0.25, 0.3) is 0 Å². The highest BCUT2D eigenvalue weighted by Crippen LogP contribution is 2.23. The lowest BCUT2D eigenvalue weighted by atomic mass is 10.1. The Hall–Kier alpha value is -2.45. The predicted octanol–water partition coefficient (Wildman–Crippen LogP) is 6.15. The van der Waals surface area contributed by atoms with Gasteiger partial charge in [0.05, 0.1) is 0 Å². The number of aryl methyl sites for hydroxylation is 2. The molecule has 0 radical (unpaired) electrons. The minimum atomic E-state index is 0.563. The van der Waals surface area contributed by atoms with E-state index in [0.717, 1.165) is 27.6 Å². The van der Waals surface area contributed by atoms with Crippen molar-refractivity contribution in [2.75, 3.05) is 5.32 Å². The molecule has 3 aromatic carbocycles. The van der Waals surface area contributed by atoms with E-state index < -0.39 is 0 Å². The normalized spacial score (nSPS) is 10.5. The molecule has 0 saturated heterocycles. The second-order valence-electron chi connectivity index (χ2n) is 6.20. The van der Waals surface area contributed by atoms with Crippen LogP contribution in [0.2, 0.25) is 5.02 Å². The van der Waals surface area contributed by atoms with Crippen LogP contribution in [0, 0.1) is 13.8 Å². The Morgan fingerprint density at radius 2 is 1.68 bits per heavy atom. The average molecular weight is 352 g/mol. The van der Waals surface area contributed by atoms with Crippen molar-refractivity contribution in [1.82, 2.24) is 0 Å². The number of hydrogen-bond acceptors (Lipinski definition) is 2. The van der Waals surface area contributed by atoms with Gasteiger partial charge in [0.1, 0.15) is 12.4 Å². The van der Waals surface area contributed by atoms with E-state index in [0.29, 0.717) is 13.2 Å². The maximum absolute atomic E-state index is 6.19. The van der Waals surface area contributed by atoms with Gasteiger partial charge in [-0.1, -0.05) is 65.7 Å². The van der Waals surface area contributed by atoms with Crippen LogP contribution in [0.1, 0.15) is 22.3 Å². The largest absolute Gasteiger partial charge is 0.489 e. The van der Waals surface area contributed by atoms with Gasteiger partial charge in [0.15, 0.2) is 0 Å².